The quantitative estimate of drug-likeness (QED) is 0.940. The minimum atomic E-state index is 0.153. The second-order valence-electron chi connectivity index (χ2n) is 4.61. The first-order chi connectivity index (χ1) is 8.74. The van der Waals surface area contributed by atoms with Crippen LogP contribution in [0.4, 0.5) is 0 Å². The molecule has 0 saturated carbocycles. The molecule has 1 aliphatic heterocycles. The normalized spacial score (nSPS) is 21.3. The summed E-state index contributed by atoms with van der Waals surface area (Å²) in [7, 11) is 0. The Balaban J connectivity index is 1.86. The molecule has 2 aromatic heterocycles. The van der Waals surface area contributed by atoms with E-state index in [-0.39, 0.29) is 6.10 Å². The van der Waals surface area contributed by atoms with Gasteiger partial charge in [0, 0.05) is 12.5 Å². The smallest absolute Gasteiger partial charge is 0.241 e. The molecule has 0 aliphatic carbocycles. The third-order valence-corrected chi connectivity index (χ3v) is 3.77. The van der Waals surface area contributed by atoms with E-state index in [0.29, 0.717) is 11.8 Å². The van der Waals surface area contributed by atoms with E-state index in [2.05, 4.69) is 38.3 Å². The van der Waals surface area contributed by atoms with Crippen molar-refractivity contribution >= 4 is 21.4 Å². The van der Waals surface area contributed by atoms with Crippen molar-refractivity contribution in [2.45, 2.75) is 19.4 Å². The number of rotatable bonds is 3. The molecular formula is C12H15BrN4O. The Labute approximate surface area is 114 Å². The topological polar surface area (TPSA) is 51.5 Å². The Morgan fingerprint density at radius 1 is 1.61 bits per heavy atom. The Bertz CT molecular complexity index is 550. The van der Waals surface area contributed by atoms with E-state index in [1.807, 2.05) is 12.3 Å². The van der Waals surface area contributed by atoms with E-state index in [4.69, 9.17) is 4.74 Å². The number of hydrogen-bond acceptors (Lipinski definition) is 4. The van der Waals surface area contributed by atoms with Crippen LogP contribution in [0, 0.1) is 5.92 Å². The summed E-state index contributed by atoms with van der Waals surface area (Å²) in [6.45, 7) is 4.20. The van der Waals surface area contributed by atoms with Crippen LogP contribution in [0.3, 0.4) is 0 Å². The van der Waals surface area contributed by atoms with Gasteiger partial charge in [-0.25, -0.2) is 9.50 Å². The summed E-state index contributed by atoms with van der Waals surface area (Å²) in [5.41, 5.74) is 0.899. The molecule has 0 amide bonds. The number of hydrogen-bond donors (Lipinski definition) is 1. The average Bonchev–Trinajstić information content (AvgIpc) is 2.98. The van der Waals surface area contributed by atoms with Gasteiger partial charge >= 0.3 is 0 Å². The molecular weight excluding hydrogens is 296 g/mol. The van der Waals surface area contributed by atoms with E-state index in [0.717, 1.165) is 29.6 Å². The number of aromatic nitrogens is 3. The zero-order valence-electron chi connectivity index (χ0n) is 10.1. The number of fused-ring (bicyclic) bond motifs is 1. The third-order valence-electron chi connectivity index (χ3n) is 3.39. The maximum atomic E-state index is 6.01. The Morgan fingerprint density at radius 3 is 3.28 bits per heavy atom. The molecule has 18 heavy (non-hydrogen) atoms. The largest absolute Gasteiger partial charge is 0.473 e. The maximum Gasteiger partial charge on any atom is 0.241 e. The molecule has 2 aromatic rings. The number of nitrogens with one attached hydrogen (secondary N) is 1. The molecule has 2 atom stereocenters. The zero-order chi connectivity index (χ0) is 12.5. The van der Waals surface area contributed by atoms with Gasteiger partial charge in [-0.05, 0) is 41.9 Å². The summed E-state index contributed by atoms with van der Waals surface area (Å²) in [4.78, 5) is 4.40. The van der Waals surface area contributed by atoms with Crippen LogP contribution in [0.1, 0.15) is 13.3 Å². The lowest BCUT2D eigenvalue weighted by molar-refractivity contribution is 0.156. The van der Waals surface area contributed by atoms with Crippen LogP contribution >= 0.6 is 15.9 Å². The highest BCUT2D eigenvalue weighted by Crippen LogP contribution is 2.24. The number of ether oxygens (including phenoxy) is 1. The molecule has 6 heteroatoms. The Kier molecular flexibility index (Phi) is 3.22. The lowest BCUT2D eigenvalue weighted by Crippen LogP contribution is -2.26. The van der Waals surface area contributed by atoms with E-state index < -0.39 is 0 Å². The predicted octanol–water partition coefficient (Wildman–Crippen LogP) is 1.87. The summed E-state index contributed by atoms with van der Waals surface area (Å²) < 4.78 is 8.51. The number of nitrogens with zero attached hydrogens (tertiary/aromatic N) is 3. The summed E-state index contributed by atoms with van der Waals surface area (Å²) in [6, 6.07) is 1.91. The molecule has 3 rings (SSSR count). The van der Waals surface area contributed by atoms with Gasteiger partial charge in [0.1, 0.15) is 16.2 Å². The van der Waals surface area contributed by atoms with Crippen LogP contribution in [-0.2, 0) is 0 Å². The van der Waals surface area contributed by atoms with Crippen LogP contribution in [0.2, 0.25) is 0 Å². The van der Waals surface area contributed by atoms with Crippen LogP contribution in [0.15, 0.2) is 23.1 Å². The fourth-order valence-corrected chi connectivity index (χ4v) is 2.66. The van der Waals surface area contributed by atoms with E-state index in [9.17, 15) is 0 Å². The van der Waals surface area contributed by atoms with Crippen LogP contribution in [-0.4, -0.2) is 33.8 Å². The molecule has 3 heterocycles. The van der Waals surface area contributed by atoms with Gasteiger partial charge in [0.2, 0.25) is 5.88 Å². The van der Waals surface area contributed by atoms with Crippen molar-refractivity contribution in [3.63, 3.8) is 0 Å². The minimum Gasteiger partial charge on any atom is -0.473 e. The molecule has 1 fully saturated rings. The highest BCUT2D eigenvalue weighted by molar-refractivity contribution is 9.10. The lowest BCUT2D eigenvalue weighted by atomic mass is 10.0. The minimum absolute atomic E-state index is 0.153. The summed E-state index contributed by atoms with van der Waals surface area (Å²) in [5, 5.41) is 7.55. The monoisotopic (exact) mass is 310 g/mol. The molecule has 0 unspecified atom stereocenters. The zero-order valence-corrected chi connectivity index (χ0v) is 11.7. The van der Waals surface area contributed by atoms with Crippen molar-refractivity contribution < 1.29 is 4.74 Å². The standard InChI is InChI=1S/C12H15BrN4O/c1-8(9-2-4-14-6-9)18-12-10-3-5-15-17(10)7-11(13)16-12/h3,5,7-9,14H,2,4,6H2,1H3/t8-,9-/m1/s1. The molecule has 1 N–H and O–H groups in total. The second-order valence-corrected chi connectivity index (χ2v) is 5.42. The Morgan fingerprint density at radius 2 is 2.50 bits per heavy atom. The van der Waals surface area contributed by atoms with Gasteiger partial charge in [0.15, 0.2) is 0 Å². The van der Waals surface area contributed by atoms with Gasteiger partial charge in [0.05, 0.1) is 12.4 Å². The summed E-state index contributed by atoms with van der Waals surface area (Å²) in [5.74, 6) is 1.19. The number of halogens is 1. The first-order valence-corrected chi connectivity index (χ1v) is 6.90. The van der Waals surface area contributed by atoms with Crippen molar-refractivity contribution in [2.75, 3.05) is 13.1 Å². The molecule has 0 bridgehead atoms. The summed E-state index contributed by atoms with van der Waals surface area (Å²) >= 11 is 3.38. The van der Waals surface area contributed by atoms with Crippen LogP contribution in [0.5, 0.6) is 5.88 Å². The van der Waals surface area contributed by atoms with E-state index in [1.165, 1.54) is 0 Å². The SMILES string of the molecule is C[C@@H](Oc1nc(Br)cn2nccc12)[C@@H]1CCNC1. The van der Waals surface area contributed by atoms with Gasteiger partial charge < -0.3 is 10.1 Å². The Hall–Kier alpha value is -1.14. The van der Waals surface area contributed by atoms with Gasteiger partial charge in [-0.3, -0.25) is 0 Å². The molecule has 1 aliphatic rings. The van der Waals surface area contributed by atoms with Gasteiger partial charge in [0.25, 0.3) is 0 Å². The molecule has 0 radical (unpaired) electrons. The fourth-order valence-electron chi connectivity index (χ4n) is 2.31. The molecule has 96 valence electrons. The third kappa shape index (κ3) is 2.22. The van der Waals surface area contributed by atoms with Gasteiger partial charge in [-0.15, -0.1) is 0 Å². The first kappa shape index (κ1) is 11.9. The first-order valence-electron chi connectivity index (χ1n) is 6.11. The predicted molar refractivity (Wildman–Crippen MR) is 71.8 cm³/mol. The molecule has 0 aromatic carbocycles. The summed E-state index contributed by atoms with van der Waals surface area (Å²) in [6.07, 6.45) is 4.88. The van der Waals surface area contributed by atoms with E-state index in [1.54, 1.807) is 10.7 Å². The maximum absolute atomic E-state index is 6.01. The lowest BCUT2D eigenvalue weighted by Gasteiger charge is -2.19. The van der Waals surface area contributed by atoms with Gasteiger partial charge in [-0.2, -0.15) is 5.10 Å². The fraction of sp³-hybridized carbons (Fsp3) is 0.500. The highest BCUT2D eigenvalue weighted by atomic mass is 79.9. The van der Waals surface area contributed by atoms with Gasteiger partial charge in [-0.1, -0.05) is 0 Å². The van der Waals surface area contributed by atoms with E-state index >= 15 is 0 Å². The molecule has 1 saturated heterocycles. The van der Waals surface area contributed by atoms with Crippen LogP contribution < -0.4 is 10.1 Å². The van der Waals surface area contributed by atoms with Crippen molar-refractivity contribution in [3.8, 4) is 5.88 Å². The highest BCUT2D eigenvalue weighted by Gasteiger charge is 2.23. The van der Waals surface area contributed by atoms with Crippen molar-refractivity contribution in [1.82, 2.24) is 19.9 Å². The average molecular weight is 311 g/mol. The van der Waals surface area contributed by atoms with Crippen molar-refractivity contribution in [2.24, 2.45) is 5.92 Å². The van der Waals surface area contributed by atoms with Crippen LogP contribution in [0.25, 0.3) is 5.52 Å². The second kappa shape index (κ2) is 4.85. The van der Waals surface area contributed by atoms with Crippen molar-refractivity contribution in [3.05, 3.63) is 23.1 Å². The molecule has 0 spiro atoms. The molecule has 5 nitrogen and oxygen atoms in total. The van der Waals surface area contributed by atoms with Crippen molar-refractivity contribution in [1.29, 1.82) is 0 Å².